The van der Waals surface area contributed by atoms with E-state index in [0.717, 1.165) is 0 Å². The Hall–Kier alpha value is -0.550. The van der Waals surface area contributed by atoms with E-state index < -0.39 is 6.04 Å². The van der Waals surface area contributed by atoms with Crippen LogP contribution in [0.3, 0.4) is 0 Å². The van der Waals surface area contributed by atoms with Crippen molar-refractivity contribution in [3.8, 4) is 0 Å². The first-order chi connectivity index (χ1) is 5.16. The van der Waals surface area contributed by atoms with Crippen LogP contribution in [0.25, 0.3) is 0 Å². The fraction of sp³-hybridized carbons (Fsp3) is 0.667. The number of carbonyl (C=O) groups excluding carboxylic acids is 2. The zero-order valence-corrected chi connectivity index (χ0v) is 7.19. The van der Waals surface area contributed by atoms with Gasteiger partial charge in [0.05, 0.1) is 11.9 Å². The Kier molecular flexibility index (Phi) is 5.87. The van der Waals surface area contributed by atoms with Crippen LogP contribution in [0.2, 0.25) is 0 Å². The monoisotopic (exact) mass is 176 g/mol. The van der Waals surface area contributed by atoms with Crippen LogP contribution in [-0.2, 0) is 9.59 Å². The van der Waals surface area contributed by atoms with Crippen LogP contribution in [-0.4, -0.2) is 29.9 Å². The van der Waals surface area contributed by atoms with Crippen LogP contribution in [0.1, 0.15) is 6.92 Å². The fourth-order valence-electron chi connectivity index (χ4n) is 0.387. The zero-order chi connectivity index (χ0) is 8.69. The molecule has 5 heteroatoms. The fourth-order valence-corrected chi connectivity index (χ4v) is 1.16. The summed E-state index contributed by atoms with van der Waals surface area (Å²) in [6, 6.07) is -0.422. The summed E-state index contributed by atoms with van der Waals surface area (Å²) in [7, 11) is 0. The van der Waals surface area contributed by atoms with Crippen molar-refractivity contribution < 1.29 is 9.59 Å². The minimum Gasteiger partial charge on any atom is -0.347 e. The average molecular weight is 176 g/mol. The average Bonchev–Trinajstić information content (AvgIpc) is 1.97. The first-order valence-electron chi connectivity index (χ1n) is 3.20. The standard InChI is InChI=1S/C6H12N2O2S/c1-5(10)8-4-11-3-6(7)2-9/h2,6H,3-4,7H2,1H3,(H,8,10)/t6-/m1/s1. The number of carbonyl (C=O) groups is 2. The van der Waals surface area contributed by atoms with Crippen molar-refractivity contribution in [2.45, 2.75) is 13.0 Å². The van der Waals surface area contributed by atoms with Crippen molar-refractivity contribution in [1.82, 2.24) is 5.32 Å². The second kappa shape index (κ2) is 6.18. The molecule has 0 heterocycles. The van der Waals surface area contributed by atoms with Gasteiger partial charge in [-0.3, -0.25) is 4.79 Å². The molecule has 0 aliphatic rings. The Morgan fingerprint density at radius 3 is 2.91 bits per heavy atom. The molecule has 0 saturated heterocycles. The molecule has 4 nitrogen and oxygen atoms in total. The summed E-state index contributed by atoms with van der Waals surface area (Å²) in [6.07, 6.45) is 0.695. The molecule has 0 aliphatic carbocycles. The molecule has 0 aromatic rings. The van der Waals surface area contributed by atoms with Crippen LogP contribution in [0.5, 0.6) is 0 Å². The molecular weight excluding hydrogens is 164 g/mol. The lowest BCUT2D eigenvalue weighted by Crippen LogP contribution is -2.26. The van der Waals surface area contributed by atoms with Crippen LogP contribution in [0.15, 0.2) is 0 Å². The highest BCUT2D eigenvalue weighted by Gasteiger charge is 1.98. The molecule has 0 bridgehead atoms. The third-order valence-corrected chi connectivity index (χ3v) is 1.88. The summed E-state index contributed by atoms with van der Waals surface area (Å²) in [5, 5.41) is 2.58. The highest BCUT2D eigenvalue weighted by molar-refractivity contribution is 7.99. The van der Waals surface area contributed by atoms with Gasteiger partial charge in [-0.05, 0) is 0 Å². The molecule has 0 aromatic carbocycles. The second-order valence-corrected chi connectivity index (χ2v) is 3.08. The molecule has 1 amide bonds. The molecule has 11 heavy (non-hydrogen) atoms. The van der Waals surface area contributed by atoms with Gasteiger partial charge in [0.15, 0.2) is 0 Å². The van der Waals surface area contributed by atoms with Gasteiger partial charge in [-0.25, -0.2) is 0 Å². The van der Waals surface area contributed by atoms with Gasteiger partial charge in [-0.2, -0.15) is 0 Å². The summed E-state index contributed by atoms with van der Waals surface area (Å²) in [6.45, 7) is 1.44. The quantitative estimate of drug-likeness (QED) is 0.331. The van der Waals surface area contributed by atoms with E-state index in [2.05, 4.69) is 5.32 Å². The van der Waals surface area contributed by atoms with Crippen LogP contribution >= 0.6 is 11.8 Å². The van der Waals surface area contributed by atoms with E-state index in [0.29, 0.717) is 17.9 Å². The van der Waals surface area contributed by atoms with Gasteiger partial charge in [0.25, 0.3) is 0 Å². The number of hydrogen-bond donors (Lipinski definition) is 2. The van der Waals surface area contributed by atoms with E-state index in [-0.39, 0.29) is 5.91 Å². The minimum atomic E-state index is -0.422. The van der Waals surface area contributed by atoms with E-state index in [4.69, 9.17) is 5.73 Å². The van der Waals surface area contributed by atoms with Crippen LogP contribution in [0.4, 0.5) is 0 Å². The van der Waals surface area contributed by atoms with Gasteiger partial charge in [-0.15, -0.1) is 11.8 Å². The predicted molar refractivity (Wildman–Crippen MR) is 45.2 cm³/mol. The van der Waals surface area contributed by atoms with Gasteiger partial charge in [0.1, 0.15) is 6.29 Å². The molecule has 0 unspecified atom stereocenters. The number of rotatable bonds is 5. The number of nitrogens with two attached hydrogens (primary N) is 1. The van der Waals surface area contributed by atoms with E-state index in [1.165, 1.54) is 18.7 Å². The molecule has 0 saturated carbocycles. The number of thioether (sulfide) groups is 1. The van der Waals surface area contributed by atoms with Crippen LogP contribution < -0.4 is 11.1 Å². The SMILES string of the molecule is CC(=O)NCSC[C@H](N)C=O. The Morgan fingerprint density at radius 2 is 2.45 bits per heavy atom. The third kappa shape index (κ3) is 7.35. The molecule has 0 radical (unpaired) electrons. The van der Waals surface area contributed by atoms with Gasteiger partial charge in [0.2, 0.25) is 5.91 Å². The topological polar surface area (TPSA) is 72.2 Å². The summed E-state index contributed by atoms with van der Waals surface area (Å²) < 4.78 is 0. The summed E-state index contributed by atoms with van der Waals surface area (Å²) >= 11 is 1.43. The van der Waals surface area contributed by atoms with Gasteiger partial charge >= 0.3 is 0 Å². The van der Waals surface area contributed by atoms with E-state index >= 15 is 0 Å². The maximum atomic E-state index is 10.3. The van der Waals surface area contributed by atoms with E-state index in [1.54, 1.807) is 0 Å². The Balaban J connectivity index is 3.14. The maximum absolute atomic E-state index is 10.3. The smallest absolute Gasteiger partial charge is 0.217 e. The first kappa shape index (κ1) is 10.4. The summed E-state index contributed by atoms with van der Waals surface area (Å²) in [5.41, 5.74) is 5.29. The molecule has 0 aliphatic heterocycles. The molecule has 3 N–H and O–H groups in total. The number of aldehydes is 1. The highest BCUT2D eigenvalue weighted by atomic mass is 32.2. The maximum Gasteiger partial charge on any atom is 0.217 e. The summed E-state index contributed by atoms with van der Waals surface area (Å²) in [5.74, 6) is 0.984. The largest absolute Gasteiger partial charge is 0.347 e. The van der Waals surface area contributed by atoms with Crippen molar-refractivity contribution in [2.24, 2.45) is 5.73 Å². The Bertz CT molecular complexity index is 141. The van der Waals surface area contributed by atoms with Crippen molar-refractivity contribution in [1.29, 1.82) is 0 Å². The Morgan fingerprint density at radius 1 is 1.82 bits per heavy atom. The first-order valence-corrected chi connectivity index (χ1v) is 4.35. The van der Waals surface area contributed by atoms with E-state index in [1.807, 2.05) is 0 Å². The molecule has 0 rings (SSSR count). The zero-order valence-electron chi connectivity index (χ0n) is 6.37. The van der Waals surface area contributed by atoms with Gasteiger partial charge in [-0.1, -0.05) is 0 Å². The van der Waals surface area contributed by atoms with Gasteiger partial charge < -0.3 is 15.8 Å². The van der Waals surface area contributed by atoms with Crippen molar-refractivity contribution in [2.75, 3.05) is 11.6 Å². The second-order valence-electron chi connectivity index (χ2n) is 2.05. The molecule has 0 aromatic heterocycles. The van der Waals surface area contributed by atoms with Crippen LogP contribution in [0, 0.1) is 0 Å². The van der Waals surface area contributed by atoms with E-state index in [9.17, 15) is 9.59 Å². The normalized spacial score (nSPS) is 12.2. The van der Waals surface area contributed by atoms with Crippen molar-refractivity contribution >= 4 is 24.0 Å². The lowest BCUT2D eigenvalue weighted by molar-refractivity contribution is -0.118. The molecule has 0 fully saturated rings. The number of nitrogens with one attached hydrogen (secondary N) is 1. The minimum absolute atomic E-state index is 0.0721. The third-order valence-electron chi connectivity index (χ3n) is 0.908. The molecule has 0 spiro atoms. The molecule has 1 atom stereocenters. The molecule has 64 valence electrons. The Labute approximate surface area is 69.9 Å². The predicted octanol–water partition coefficient (Wildman–Crippen LogP) is -0.661. The molecular formula is C6H12N2O2S. The lowest BCUT2D eigenvalue weighted by Gasteiger charge is -2.03. The number of hydrogen-bond acceptors (Lipinski definition) is 4. The van der Waals surface area contributed by atoms with Crippen molar-refractivity contribution in [3.63, 3.8) is 0 Å². The number of amides is 1. The lowest BCUT2D eigenvalue weighted by atomic mass is 10.4. The van der Waals surface area contributed by atoms with Gasteiger partial charge in [0, 0.05) is 12.7 Å². The highest BCUT2D eigenvalue weighted by Crippen LogP contribution is 1.96. The summed E-state index contributed by atoms with van der Waals surface area (Å²) in [4.78, 5) is 20.3. The van der Waals surface area contributed by atoms with Crippen molar-refractivity contribution in [3.05, 3.63) is 0 Å².